The van der Waals surface area contributed by atoms with Crippen molar-refractivity contribution >= 4 is 35.4 Å². The first-order chi connectivity index (χ1) is 17.5. The van der Waals surface area contributed by atoms with Gasteiger partial charge in [-0.3, -0.25) is 10.2 Å². The fraction of sp³-hybridized carbons (Fsp3) is 0.846. The molecule has 0 spiro atoms. The summed E-state index contributed by atoms with van der Waals surface area (Å²) >= 11 is 1.30. The molecule has 2 amide bonds. The van der Waals surface area contributed by atoms with Crippen LogP contribution < -0.4 is 10.6 Å². The molecule has 0 saturated carbocycles. The van der Waals surface area contributed by atoms with Crippen molar-refractivity contribution in [2.75, 3.05) is 38.4 Å². The van der Waals surface area contributed by atoms with Gasteiger partial charge in [0.15, 0.2) is 6.04 Å². The molecule has 0 rings (SSSR count). The first-order valence-electron chi connectivity index (χ1n) is 13.5. The minimum absolute atomic E-state index is 0.112. The third-order valence-electron chi connectivity index (χ3n) is 5.74. The molecule has 0 bridgehead atoms. The largest absolute Gasteiger partial charge is 0.467 e. The second kappa shape index (κ2) is 24.9. The van der Waals surface area contributed by atoms with Crippen LogP contribution in [0.5, 0.6) is 0 Å². The van der Waals surface area contributed by atoms with Crippen molar-refractivity contribution in [2.24, 2.45) is 0 Å². The summed E-state index contributed by atoms with van der Waals surface area (Å²) in [5.74, 6) is -0.902. The van der Waals surface area contributed by atoms with Crippen molar-refractivity contribution in [1.29, 1.82) is 5.41 Å². The maximum atomic E-state index is 11.9. The van der Waals surface area contributed by atoms with Crippen molar-refractivity contribution in [3.05, 3.63) is 0 Å². The van der Waals surface area contributed by atoms with Crippen molar-refractivity contribution in [2.45, 2.75) is 103 Å². The lowest BCUT2D eigenvalue weighted by atomic mass is 10.0. The number of rotatable bonds is 24. The molecule has 0 aromatic heterocycles. The molecule has 36 heavy (non-hydrogen) atoms. The lowest BCUT2D eigenvalue weighted by molar-refractivity contribution is -0.145. The molecule has 0 aromatic carbocycles. The third kappa shape index (κ3) is 20.4. The van der Waals surface area contributed by atoms with E-state index in [1.165, 1.54) is 88.8 Å². The Kier molecular flexibility index (Phi) is 23.6. The number of methoxy groups -OCH3 is 1. The second-order valence-corrected chi connectivity index (χ2v) is 10.0. The van der Waals surface area contributed by atoms with Gasteiger partial charge in [0.25, 0.3) is 5.91 Å². The molecule has 4 N–H and O–H groups in total. The lowest BCUT2D eigenvalue weighted by Gasteiger charge is -2.14. The average molecular weight is 532 g/mol. The molecule has 0 radical (unpaired) electrons. The van der Waals surface area contributed by atoms with E-state index in [1.807, 2.05) is 0 Å². The lowest BCUT2D eigenvalue weighted by Crippen LogP contribution is -2.47. The van der Waals surface area contributed by atoms with Crippen LogP contribution in [0.15, 0.2) is 0 Å². The number of ether oxygens (including phenoxy) is 2. The van der Waals surface area contributed by atoms with Gasteiger partial charge in [-0.15, -0.1) is 0 Å². The molecule has 0 aromatic rings. The topological polar surface area (TPSA) is 138 Å². The van der Waals surface area contributed by atoms with E-state index in [0.29, 0.717) is 18.9 Å². The van der Waals surface area contributed by atoms with Crippen LogP contribution in [0.2, 0.25) is 0 Å². The van der Waals surface area contributed by atoms with E-state index < -0.39 is 30.6 Å². The summed E-state index contributed by atoms with van der Waals surface area (Å²) in [5.41, 5.74) is -0.234. The van der Waals surface area contributed by atoms with Crippen LogP contribution in [0.25, 0.3) is 0 Å². The van der Waals surface area contributed by atoms with Gasteiger partial charge in [0, 0.05) is 18.1 Å². The molecule has 1 atom stereocenters. The molecular weight excluding hydrogens is 482 g/mol. The Morgan fingerprint density at radius 2 is 1.42 bits per heavy atom. The van der Waals surface area contributed by atoms with Crippen molar-refractivity contribution in [3.63, 3.8) is 0 Å². The van der Waals surface area contributed by atoms with Crippen molar-refractivity contribution in [1.82, 2.24) is 10.6 Å². The molecule has 0 aliphatic carbocycles. The van der Waals surface area contributed by atoms with E-state index in [0.717, 1.165) is 20.0 Å². The predicted molar refractivity (Wildman–Crippen MR) is 146 cm³/mol. The summed E-state index contributed by atoms with van der Waals surface area (Å²) in [6.45, 7) is 2.42. The maximum Gasteiger partial charge on any atom is 0.407 e. The SMILES string of the molecule is CCCCCCCCCCCCCCCCOC(=O)NCCSCC(=N)C(=O)N[C@@H](CO)C(=O)OC. The first-order valence-corrected chi connectivity index (χ1v) is 14.7. The highest BCUT2D eigenvalue weighted by Gasteiger charge is 2.22. The van der Waals surface area contributed by atoms with Crippen LogP contribution >= 0.6 is 11.8 Å². The Labute approximate surface area is 221 Å². The second-order valence-electron chi connectivity index (χ2n) is 8.92. The number of thioether (sulfide) groups is 1. The van der Waals surface area contributed by atoms with Gasteiger partial charge in [-0.25, -0.2) is 9.59 Å². The number of aliphatic hydroxyl groups excluding tert-OH is 1. The Morgan fingerprint density at radius 1 is 0.889 bits per heavy atom. The predicted octanol–water partition coefficient (Wildman–Crippen LogP) is 4.60. The molecular formula is C26H49N3O6S. The van der Waals surface area contributed by atoms with Gasteiger partial charge in [0.05, 0.1) is 20.3 Å². The first kappa shape index (κ1) is 34.2. The smallest absolute Gasteiger partial charge is 0.407 e. The Morgan fingerprint density at radius 3 is 1.92 bits per heavy atom. The number of alkyl carbamates (subject to hydrolysis) is 1. The number of amides is 2. The molecule has 0 heterocycles. The molecule has 10 heteroatoms. The van der Waals surface area contributed by atoms with Crippen LogP contribution in [0.4, 0.5) is 4.79 Å². The van der Waals surface area contributed by atoms with E-state index in [2.05, 4.69) is 22.3 Å². The van der Waals surface area contributed by atoms with E-state index in [1.54, 1.807) is 0 Å². The summed E-state index contributed by atoms with van der Waals surface area (Å²) < 4.78 is 9.63. The van der Waals surface area contributed by atoms with Gasteiger partial charge >= 0.3 is 12.1 Å². The van der Waals surface area contributed by atoms with Crippen LogP contribution in [-0.2, 0) is 19.1 Å². The van der Waals surface area contributed by atoms with E-state index in [-0.39, 0.29) is 11.5 Å². The highest BCUT2D eigenvalue weighted by Crippen LogP contribution is 2.13. The van der Waals surface area contributed by atoms with Crippen molar-refractivity contribution in [3.8, 4) is 0 Å². The van der Waals surface area contributed by atoms with E-state index in [4.69, 9.17) is 15.3 Å². The minimum atomic E-state index is -1.19. The number of esters is 1. The highest BCUT2D eigenvalue weighted by molar-refractivity contribution is 8.00. The normalized spacial score (nSPS) is 11.5. The Balaban J connectivity index is 3.50. The van der Waals surface area contributed by atoms with Crippen LogP contribution in [-0.4, -0.2) is 73.2 Å². The number of nitrogens with one attached hydrogen (secondary N) is 3. The monoisotopic (exact) mass is 531 g/mol. The van der Waals surface area contributed by atoms with Crippen LogP contribution in [0.3, 0.4) is 0 Å². The van der Waals surface area contributed by atoms with Crippen LogP contribution in [0.1, 0.15) is 96.8 Å². The fourth-order valence-corrected chi connectivity index (χ4v) is 4.27. The van der Waals surface area contributed by atoms with Crippen LogP contribution in [0, 0.1) is 5.41 Å². The van der Waals surface area contributed by atoms with E-state index in [9.17, 15) is 14.4 Å². The quantitative estimate of drug-likeness (QED) is 0.0811. The molecule has 9 nitrogen and oxygen atoms in total. The van der Waals surface area contributed by atoms with Gasteiger partial charge in [0.1, 0.15) is 5.71 Å². The van der Waals surface area contributed by atoms with Gasteiger partial charge < -0.3 is 25.2 Å². The van der Waals surface area contributed by atoms with Gasteiger partial charge in [0.2, 0.25) is 0 Å². The van der Waals surface area contributed by atoms with Gasteiger partial charge in [-0.1, -0.05) is 90.4 Å². The number of carbonyl (C=O) groups excluding carboxylic acids is 3. The number of unbranched alkanes of at least 4 members (excludes halogenated alkanes) is 13. The molecule has 0 saturated heterocycles. The fourth-order valence-electron chi connectivity index (χ4n) is 3.54. The number of hydrogen-bond donors (Lipinski definition) is 4. The van der Waals surface area contributed by atoms with E-state index >= 15 is 0 Å². The zero-order valence-electron chi connectivity index (χ0n) is 22.4. The molecule has 0 unspecified atom stereocenters. The zero-order chi connectivity index (χ0) is 26.9. The number of hydrogen-bond acceptors (Lipinski definition) is 8. The number of aliphatic hydroxyl groups is 1. The summed E-state index contributed by atoms with van der Waals surface area (Å²) in [5, 5.41) is 21.7. The maximum absolute atomic E-state index is 11.9. The molecule has 210 valence electrons. The Bertz CT molecular complexity index is 606. The zero-order valence-corrected chi connectivity index (χ0v) is 23.2. The molecule has 0 aliphatic rings. The molecule has 0 aliphatic heterocycles. The minimum Gasteiger partial charge on any atom is -0.467 e. The van der Waals surface area contributed by atoms with Gasteiger partial charge in [-0.2, -0.15) is 11.8 Å². The highest BCUT2D eigenvalue weighted by atomic mass is 32.2. The summed E-state index contributed by atoms with van der Waals surface area (Å²) in [6.07, 6.45) is 17.5. The summed E-state index contributed by atoms with van der Waals surface area (Å²) in [7, 11) is 1.15. The standard InChI is InChI=1S/C26H49N3O6S/c1-3-4-5-6-7-8-9-10-11-12-13-14-15-16-18-35-26(33)28-17-19-36-21-22(27)24(31)29-23(20-30)25(32)34-2/h23,27,30H,3-21H2,1-2H3,(H,28,33)(H,29,31)/t23-/m0/s1. The average Bonchev–Trinajstić information content (AvgIpc) is 2.88. The number of carbonyl (C=O) groups is 3. The van der Waals surface area contributed by atoms with Gasteiger partial charge in [-0.05, 0) is 6.42 Å². The third-order valence-corrected chi connectivity index (χ3v) is 6.73. The summed E-state index contributed by atoms with van der Waals surface area (Å²) in [4.78, 5) is 34.9. The van der Waals surface area contributed by atoms with Crippen molar-refractivity contribution < 1.29 is 29.0 Å². The Hall–Kier alpha value is -1.81. The summed E-state index contributed by atoms with van der Waals surface area (Å²) in [6, 6.07) is -1.19. The molecule has 0 fully saturated rings.